The number of nitrogen functional groups attached to an aromatic ring is 1. The highest BCUT2D eigenvalue weighted by Crippen LogP contribution is 2.28. The van der Waals surface area contributed by atoms with Crippen molar-refractivity contribution in [2.75, 3.05) is 12.3 Å². The number of hydrogen-bond donors (Lipinski definition) is 1. The molecule has 5 nitrogen and oxygen atoms in total. The summed E-state index contributed by atoms with van der Waals surface area (Å²) in [6.45, 7) is 2.58. The lowest BCUT2D eigenvalue weighted by Gasteiger charge is -2.08. The maximum absolute atomic E-state index is 5.82. The van der Waals surface area contributed by atoms with E-state index in [-0.39, 0.29) is 0 Å². The minimum Gasteiger partial charge on any atom is -0.494 e. The lowest BCUT2D eigenvalue weighted by atomic mass is 10.2. The zero-order chi connectivity index (χ0) is 14.7. The highest BCUT2D eigenvalue weighted by atomic mass is 16.5. The summed E-state index contributed by atoms with van der Waals surface area (Å²) in [5, 5.41) is 0.784. The van der Waals surface area contributed by atoms with E-state index in [4.69, 9.17) is 15.2 Å². The Labute approximate surface area is 122 Å². The lowest BCUT2D eigenvalue weighted by Crippen LogP contribution is -1.94. The van der Waals surface area contributed by atoms with Gasteiger partial charge in [-0.25, -0.2) is 9.97 Å². The predicted octanol–water partition coefficient (Wildman–Crippen LogP) is 3.40. The molecule has 0 bridgehead atoms. The summed E-state index contributed by atoms with van der Waals surface area (Å²) < 4.78 is 11.2. The van der Waals surface area contributed by atoms with E-state index in [1.165, 1.54) is 6.33 Å². The molecule has 0 unspecified atom stereocenters. The minimum atomic E-state index is 0.483. The molecule has 0 radical (unpaired) electrons. The predicted molar refractivity (Wildman–Crippen MR) is 81.6 cm³/mol. The maximum atomic E-state index is 5.82. The van der Waals surface area contributed by atoms with Crippen molar-refractivity contribution in [1.82, 2.24) is 9.97 Å². The maximum Gasteiger partial charge on any atom is 0.230 e. The molecule has 21 heavy (non-hydrogen) atoms. The number of benzene rings is 2. The smallest absolute Gasteiger partial charge is 0.230 e. The second-order valence-corrected chi connectivity index (χ2v) is 4.46. The fourth-order valence-electron chi connectivity index (χ4n) is 2.01. The van der Waals surface area contributed by atoms with Crippen molar-refractivity contribution in [2.24, 2.45) is 0 Å². The van der Waals surface area contributed by atoms with Crippen LogP contribution in [0.5, 0.6) is 17.4 Å². The Balaban J connectivity index is 1.92. The first kappa shape index (κ1) is 13.2. The molecule has 1 aromatic heterocycles. The van der Waals surface area contributed by atoms with E-state index in [0.717, 1.165) is 16.7 Å². The van der Waals surface area contributed by atoms with E-state index in [2.05, 4.69) is 9.97 Å². The van der Waals surface area contributed by atoms with Crippen molar-refractivity contribution in [3.63, 3.8) is 0 Å². The number of fused-ring (bicyclic) bond motifs is 1. The summed E-state index contributed by atoms with van der Waals surface area (Å²) in [5.74, 6) is 1.97. The molecule has 0 aliphatic rings. The van der Waals surface area contributed by atoms with Crippen LogP contribution in [0.25, 0.3) is 10.9 Å². The van der Waals surface area contributed by atoms with Gasteiger partial charge in [0.25, 0.3) is 0 Å². The van der Waals surface area contributed by atoms with Crippen LogP contribution in [0.15, 0.2) is 48.8 Å². The van der Waals surface area contributed by atoms with Crippen molar-refractivity contribution in [2.45, 2.75) is 6.92 Å². The van der Waals surface area contributed by atoms with Crippen LogP contribution in [-0.2, 0) is 0 Å². The summed E-state index contributed by atoms with van der Waals surface area (Å²) in [4.78, 5) is 8.38. The normalized spacial score (nSPS) is 10.5. The third kappa shape index (κ3) is 2.86. The number of hydrogen-bond acceptors (Lipinski definition) is 5. The van der Waals surface area contributed by atoms with Gasteiger partial charge < -0.3 is 15.2 Å². The fraction of sp³-hybridized carbons (Fsp3) is 0.125. The Morgan fingerprint density at radius 2 is 1.76 bits per heavy atom. The molecular weight excluding hydrogens is 266 g/mol. The molecule has 2 N–H and O–H groups in total. The molecule has 0 saturated carbocycles. The Morgan fingerprint density at radius 3 is 2.52 bits per heavy atom. The molecule has 2 aromatic carbocycles. The van der Waals surface area contributed by atoms with E-state index >= 15 is 0 Å². The van der Waals surface area contributed by atoms with E-state index in [0.29, 0.717) is 23.9 Å². The highest BCUT2D eigenvalue weighted by Gasteiger charge is 2.07. The van der Waals surface area contributed by atoms with Gasteiger partial charge in [-0.2, -0.15) is 0 Å². The van der Waals surface area contributed by atoms with Gasteiger partial charge >= 0.3 is 0 Å². The number of aromatic nitrogens is 2. The van der Waals surface area contributed by atoms with Crippen molar-refractivity contribution in [1.29, 1.82) is 0 Å². The summed E-state index contributed by atoms with van der Waals surface area (Å²) in [6.07, 6.45) is 1.47. The van der Waals surface area contributed by atoms with Gasteiger partial charge in [-0.1, -0.05) is 0 Å². The van der Waals surface area contributed by atoms with Gasteiger partial charge in [-0.05, 0) is 49.4 Å². The molecule has 3 rings (SSSR count). The van der Waals surface area contributed by atoms with Crippen LogP contribution in [-0.4, -0.2) is 16.6 Å². The summed E-state index contributed by atoms with van der Waals surface area (Å²) in [5.41, 5.74) is 7.25. The number of rotatable bonds is 4. The molecule has 0 amide bonds. The molecule has 3 aromatic rings. The number of ether oxygens (including phenoxy) is 2. The molecule has 0 aliphatic heterocycles. The van der Waals surface area contributed by atoms with E-state index in [1.54, 1.807) is 12.1 Å². The molecule has 1 heterocycles. The molecule has 0 fully saturated rings. The molecule has 0 atom stereocenters. The lowest BCUT2D eigenvalue weighted by molar-refractivity contribution is 0.339. The quantitative estimate of drug-likeness (QED) is 0.742. The second-order valence-electron chi connectivity index (χ2n) is 4.46. The Bertz CT molecular complexity index is 757. The van der Waals surface area contributed by atoms with Gasteiger partial charge in [-0.15, -0.1) is 0 Å². The first-order valence-corrected chi connectivity index (χ1v) is 6.67. The van der Waals surface area contributed by atoms with E-state index < -0.39 is 0 Å². The van der Waals surface area contributed by atoms with Gasteiger partial charge in [-0.3, -0.25) is 0 Å². The summed E-state index contributed by atoms with van der Waals surface area (Å²) >= 11 is 0. The fourth-order valence-corrected chi connectivity index (χ4v) is 2.01. The first-order valence-electron chi connectivity index (χ1n) is 6.67. The molecular formula is C16H15N3O2. The van der Waals surface area contributed by atoms with Crippen LogP contribution in [0.2, 0.25) is 0 Å². The Morgan fingerprint density at radius 1 is 1.00 bits per heavy atom. The third-order valence-corrected chi connectivity index (χ3v) is 2.97. The third-order valence-electron chi connectivity index (χ3n) is 2.97. The molecule has 0 saturated heterocycles. The van der Waals surface area contributed by atoms with Crippen molar-refractivity contribution in [3.05, 3.63) is 48.8 Å². The van der Waals surface area contributed by atoms with Gasteiger partial charge in [0.2, 0.25) is 5.88 Å². The van der Waals surface area contributed by atoms with Crippen LogP contribution >= 0.6 is 0 Å². The Kier molecular flexibility index (Phi) is 3.55. The van der Waals surface area contributed by atoms with Crippen molar-refractivity contribution >= 4 is 16.6 Å². The van der Waals surface area contributed by atoms with Crippen molar-refractivity contribution in [3.8, 4) is 17.4 Å². The standard InChI is InChI=1S/C16H15N3O2/c1-2-20-12-4-6-13(7-5-12)21-16-14-9-11(17)3-8-15(14)18-10-19-16/h3-10H,2,17H2,1H3. The minimum absolute atomic E-state index is 0.483. The summed E-state index contributed by atoms with van der Waals surface area (Å²) in [7, 11) is 0. The topological polar surface area (TPSA) is 70.3 Å². The number of nitrogens with two attached hydrogens (primary N) is 1. The number of anilines is 1. The Hall–Kier alpha value is -2.82. The van der Waals surface area contributed by atoms with E-state index in [9.17, 15) is 0 Å². The zero-order valence-electron chi connectivity index (χ0n) is 11.6. The van der Waals surface area contributed by atoms with Crippen LogP contribution in [0.4, 0.5) is 5.69 Å². The van der Waals surface area contributed by atoms with Crippen LogP contribution in [0.1, 0.15) is 6.92 Å². The highest BCUT2D eigenvalue weighted by molar-refractivity contribution is 5.86. The van der Waals surface area contributed by atoms with Crippen LogP contribution in [0, 0.1) is 0 Å². The molecule has 5 heteroatoms. The van der Waals surface area contributed by atoms with Crippen molar-refractivity contribution < 1.29 is 9.47 Å². The monoisotopic (exact) mass is 281 g/mol. The van der Waals surface area contributed by atoms with Gasteiger partial charge in [0, 0.05) is 5.69 Å². The van der Waals surface area contributed by atoms with Gasteiger partial charge in [0.05, 0.1) is 17.5 Å². The SMILES string of the molecule is CCOc1ccc(Oc2ncnc3ccc(N)cc23)cc1. The molecule has 0 aliphatic carbocycles. The van der Waals surface area contributed by atoms with Gasteiger partial charge in [0.15, 0.2) is 0 Å². The zero-order valence-corrected chi connectivity index (χ0v) is 11.6. The summed E-state index contributed by atoms with van der Waals surface area (Å²) in [6, 6.07) is 12.8. The van der Waals surface area contributed by atoms with Crippen LogP contribution < -0.4 is 15.2 Å². The number of nitrogens with zero attached hydrogens (tertiary/aromatic N) is 2. The van der Waals surface area contributed by atoms with Gasteiger partial charge in [0.1, 0.15) is 17.8 Å². The second kappa shape index (κ2) is 5.66. The largest absolute Gasteiger partial charge is 0.494 e. The average Bonchev–Trinajstić information content (AvgIpc) is 2.50. The molecule has 0 spiro atoms. The van der Waals surface area contributed by atoms with Crippen LogP contribution in [0.3, 0.4) is 0 Å². The molecule has 106 valence electrons. The average molecular weight is 281 g/mol. The first-order chi connectivity index (χ1) is 10.3. The van der Waals surface area contributed by atoms with E-state index in [1.807, 2.05) is 37.3 Å².